The Labute approximate surface area is 218 Å². The monoisotopic (exact) mass is 508 g/mol. The molecule has 0 spiro atoms. The molecule has 0 bridgehead atoms. The molecule has 0 saturated carbocycles. The van der Waals surface area contributed by atoms with Gasteiger partial charge in [0.15, 0.2) is 0 Å². The van der Waals surface area contributed by atoms with Crippen LogP contribution in [0.4, 0.5) is 15.8 Å². The van der Waals surface area contributed by atoms with Gasteiger partial charge in [0.1, 0.15) is 15.5 Å². The van der Waals surface area contributed by atoms with Crippen molar-refractivity contribution in [3.63, 3.8) is 0 Å². The number of halogens is 1. The molecule has 1 aliphatic heterocycles. The van der Waals surface area contributed by atoms with Crippen LogP contribution < -0.4 is 10.6 Å². The van der Waals surface area contributed by atoms with Crippen molar-refractivity contribution >= 4 is 38.8 Å². The van der Waals surface area contributed by atoms with Crippen molar-refractivity contribution in [2.24, 2.45) is 0 Å². The number of rotatable bonds is 4. The van der Waals surface area contributed by atoms with Gasteiger partial charge in [-0.3, -0.25) is 4.79 Å². The van der Waals surface area contributed by atoms with Crippen LogP contribution in [0.15, 0.2) is 91.0 Å². The predicted octanol–water partition coefficient (Wildman–Crippen LogP) is 6.31. The van der Waals surface area contributed by atoms with Gasteiger partial charge < -0.3 is 15.5 Å². The molecule has 0 unspecified atom stereocenters. The van der Waals surface area contributed by atoms with Crippen LogP contribution in [0.25, 0.3) is 32.6 Å². The maximum atomic E-state index is 14.3. The van der Waals surface area contributed by atoms with E-state index in [1.54, 1.807) is 17.0 Å². The standard InChI is InChI=1S/C30H25FN4OS/c31-23-13-7-8-14-25(23)34-15-17-35(18-16-34)30(36)28-27(32)26-22(20-9-3-1-4-10-20)19-24(33-29(26)37-28)21-11-5-2-6-12-21/h1-14,19H,15-18,32H2. The summed E-state index contributed by atoms with van der Waals surface area (Å²) in [6.45, 7) is 2.11. The van der Waals surface area contributed by atoms with E-state index in [2.05, 4.69) is 6.07 Å². The Kier molecular flexibility index (Phi) is 6.06. The number of anilines is 2. The zero-order valence-corrected chi connectivity index (χ0v) is 20.9. The number of para-hydroxylation sites is 1. The fourth-order valence-corrected chi connectivity index (χ4v) is 5.97. The quantitative estimate of drug-likeness (QED) is 0.309. The Balaban J connectivity index is 1.36. The molecular formula is C30H25FN4OS. The van der Waals surface area contributed by atoms with E-state index in [4.69, 9.17) is 10.7 Å². The molecule has 5 aromatic rings. The van der Waals surface area contributed by atoms with Gasteiger partial charge in [0, 0.05) is 37.1 Å². The van der Waals surface area contributed by atoms with Gasteiger partial charge in [-0.2, -0.15) is 0 Å². The number of hydrogen-bond donors (Lipinski definition) is 1. The van der Waals surface area contributed by atoms with E-state index in [-0.39, 0.29) is 11.7 Å². The van der Waals surface area contributed by atoms with Crippen molar-refractivity contribution in [2.45, 2.75) is 0 Å². The van der Waals surface area contributed by atoms with Crippen molar-refractivity contribution < 1.29 is 9.18 Å². The van der Waals surface area contributed by atoms with Crippen molar-refractivity contribution in [1.82, 2.24) is 9.88 Å². The number of carbonyl (C=O) groups is 1. The summed E-state index contributed by atoms with van der Waals surface area (Å²) in [7, 11) is 0. The summed E-state index contributed by atoms with van der Waals surface area (Å²) in [4.78, 5) is 23.6. The molecule has 1 aliphatic rings. The summed E-state index contributed by atoms with van der Waals surface area (Å²) in [5.41, 5.74) is 11.5. The minimum atomic E-state index is -0.246. The lowest BCUT2D eigenvalue weighted by molar-refractivity contribution is 0.0752. The molecule has 184 valence electrons. The lowest BCUT2D eigenvalue weighted by Gasteiger charge is -2.36. The average Bonchev–Trinajstić information content (AvgIpc) is 3.29. The first-order valence-electron chi connectivity index (χ1n) is 12.2. The van der Waals surface area contributed by atoms with Crippen molar-refractivity contribution in [2.75, 3.05) is 36.8 Å². The van der Waals surface area contributed by atoms with Crippen molar-refractivity contribution in [3.8, 4) is 22.4 Å². The van der Waals surface area contributed by atoms with E-state index >= 15 is 0 Å². The molecular weight excluding hydrogens is 483 g/mol. The van der Waals surface area contributed by atoms with Crippen LogP contribution in [0.1, 0.15) is 9.67 Å². The van der Waals surface area contributed by atoms with Gasteiger partial charge in [-0.15, -0.1) is 11.3 Å². The van der Waals surface area contributed by atoms with E-state index in [1.807, 2.05) is 71.6 Å². The number of nitrogens with two attached hydrogens (primary N) is 1. The van der Waals surface area contributed by atoms with Gasteiger partial charge in [0.05, 0.1) is 17.1 Å². The molecule has 3 aromatic carbocycles. The number of thiophene rings is 1. The van der Waals surface area contributed by atoms with Gasteiger partial charge in [0.25, 0.3) is 5.91 Å². The minimum Gasteiger partial charge on any atom is -0.397 e. The highest BCUT2D eigenvalue weighted by Crippen LogP contribution is 2.41. The van der Waals surface area contributed by atoms with Crippen LogP contribution in [0, 0.1) is 5.82 Å². The lowest BCUT2D eigenvalue weighted by Crippen LogP contribution is -2.49. The number of amides is 1. The Bertz CT molecular complexity index is 1580. The highest BCUT2D eigenvalue weighted by Gasteiger charge is 2.28. The number of aromatic nitrogens is 1. The molecule has 2 N–H and O–H groups in total. The molecule has 1 saturated heterocycles. The number of nitrogen functional groups attached to an aromatic ring is 1. The van der Waals surface area contributed by atoms with Gasteiger partial charge in [0.2, 0.25) is 0 Å². The number of nitrogens with zero attached hydrogens (tertiary/aromatic N) is 3. The van der Waals surface area contributed by atoms with Gasteiger partial charge in [-0.25, -0.2) is 9.37 Å². The Morgan fingerprint density at radius 1 is 0.838 bits per heavy atom. The van der Waals surface area contributed by atoms with E-state index in [9.17, 15) is 9.18 Å². The predicted molar refractivity (Wildman–Crippen MR) is 149 cm³/mol. The van der Waals surface area contributed by atoms with E-state index in [1.165, 1.54) is 17.4 Å². The molecule has 6 rings (SSSR count). The summed E-state index contributed by atoms with van der Waals surface area (Å²) >= 11 is 1.34. The highest BCUT2D eigenvalue weighted by molar-refractivity contribution is 7.21. The van der Waals surface area contributed by atoms with Crippen molar-refractivity contribution in [3.05, 3.63) is 102 Å². The second-order valence-electron chi connectivity index (χ2n) is 9.04. The Morgan fingerprint density at radius 2 is 1.46 bits per heavy atom. The number of fused-ring (bicyclic) bond motifs is 1. The molecule has 1 amide bonds. The van der Waals surface area contributed by atoms with Crippen LogP contribution in [-0.2, 0) is 0 Å². The SMILES string of the molecule is Nc1c(C(=O)N2CCN(c3ccccc3F)CC2)sc2nc(-c3ccccc3)cc(-c3ccccc3)c12. The maximum absolute atomic E-state index is 14.3. The summed E-state index contributed by atoms with van der Waals surface area (Å²) in [6, 6.07) is 28.9. The number of pyridine rings is 1. The fraction of sp³-hybridized carbons (Fsp3) is 0.133. The normalized spacial score (nSPS) is 13.8. The van der Waals surface area contributed by atoms with Crippen molar-refractivity contribution in [1.29, 1.82) is 0 Å². The first kappa shape index (κ1) is 23.2. The highest BCUT2D eigenvalue weighted by atomic mass is 32.1. The third-order valence-corrected chi connectivity index (χ3v) is 7.89. The Hall–Kier alpha value is -4.23. The van der Waals surface area contributed by atoms with Crippen LogP contribution >= 0.6 is 11.3 Å². The zero-order chi connectivity index (χ0) is 25.4. The fourth-order valence-electron chi connectivity index (χ4n) is 4.88. The first-order valence-corrected chi connectivity index (χ1v) is 13.0. The van der Waals surface area contributed by atoms with E-state index in [0.717, 1.165) is 32.6 Å². The number of piperazine rings is 1. The molecule has 7 heteroatoms. The summed E-state index contributed by atoms with van der Waals surface area (Å²) < 4.78 is 14.3. The lowest BCUT2D eigenvalue weighted by atomic mass is 9.99. The average molecular weight is 509 g/mol. The summed E-state index contributed by atoms with van der Waals surface area (Å²) in [5.74, 6) is -0.348. The van der Waals surface area contributed by atoms with Crippen LogP contribution in [0.3, 0.4) is 0 Å². The minimum absolute atomic E-state index is 0.103. The van der Waals surface area contributed by atoms with E-state index < -0.39 is 0 Å². The molecule has 0 atom stereocenters. The number of hydrogen-bond acceptors (Lipinski definition) is 5. The second kappa shape index (κ2) is 9.67. The summed E-state index contributed by atoms with van der Waals surface area (Å²) in [5, 5.41) is 0.809. The molecule has 0 radical (unpaired) electrons. The zero-order valence-electron chi connectivity index (χ0n) is 20.1. The molecule has 2 aromatic heterocycles. The third-order valence-electron chi connectivity index (χ3n) is 6.81. The molecule has 37 heavy (non-hydrogen) atoms. The largest absolute Gasteiger partial charge is 0.397 e. The molecule has 1 fully saturated rings. The van der Waals surface area contributed by atoms with Crippen LogP contribution in [0.2, 0.25) is 0 Å². The third kappa shape index (κ3) is 4.32. The first-order chi connectivity index (χ1) is 18.1. The van der Waals surface area contributed by atoms with Gasteiger partial charge in [-0.1, -0.05) is 72.8 Å². The topological polar surface area (TPSA) is 62.5 Å². The Morgan fingerprint density at radius 3 is 2.14 bits per heavy atom. The maximum Gasteiger partial charge on any atom is 0.266 e. The van der Waals surface area contributed by atoms with Crippen LogP contribution in [-0.4, -0.2) is 42.0 Å². The molecule has 0 aliphatic carbocycles. The number of benzene rings is 3. The summed E-state index contributed by atoms with van der Waals surface area (Å²) in [6.07, 6.45) is 0. The van der Waals surface area contributed by atoms with Gasteiger partial charge >= 0.3 is 0 Å². The molecule has 3 heterocycles. The smallest absolute Gasteiger partial charge is 0.266 e. The number of carbonyl (C=O) groups excluding carboxylic acids is 1. The van der Waals surface area contributed by atoms with E-state index in [0.29, 0.717) is 42.4 Å². The van der Waals surface area contributed by atoms with Crippen LogP contribution in [0.5, 0.6) is 0 Å². The van der Waals surface area contributed by atoms with Gasteiger partial charge in [-0.05, 0) is 29.3 Å². The molecule has 5 nitrogen and oxygen atoms in total. The second-order valence-corrected chi connectivity index (χ2v) is 10.0.